The smallest absolute Gasteiger partial charge is 0.0994 e. The Morgan fingerprint density at radius 2 is 1.61 bits per heavy atom. The molecule has 0 aromatic heterocycles. The molecule has 2 heteroatoms. The molecule has 1 nitrogen and oxygen atoms in total. The molecule has 0 atom stereocenters. The van der Waals surface area contributed by atoms with Crippen LogP contribution in [0.4, 0.5) is 0 Å². The van der Waals surface area contributed by atoms with E-state index in [0.717, 1.165) is 24.0 Å². The second kappa shape index (κ2) is 10.7. The number of rotatable bonds is 2. The summed E-state index contributed by atoms with van der Waals surface area (Å²) in [5.74, 6) is 0. The number of hydrogen-bond acceptors (Lipinski definition) is 2. The predicted octanol–water partition coefficient (Wildman–Crippen LogP) is 6.74. The first-order valence-electron chi connectivity index (χ1n) is 8.33. The minimum absolute atomic E-state index is 0.817. The average Bonchev–Trinajstić information content (AvgIpc) is 2.65. The van der Waals surface area contributed by atoms with Gasteiger partial charge in [-0.3, -0.25) is 0 Å². The number of allylic oxidation sites excluding steroid dienone is 2. The molecule has 0 aliphatic heterocycles. The quantitative estimate of drug-likeness (QED) is 0.610. The number of hydrogen-bond donors (Lipinski definition) is 0. The molecule has 0 spiro atoms. The summed E-state index contributed by atoms with van der Waals surface area (Å²) in [5, 5.41) is 9.12. The molecule has 0 saturated carbocycles. The van der Waals surface area contributed by atoms with Crippen LogP contribution in [-0.4, -0.2) is 0 Å². The third-order valence-electron chi connectivity index (χ3n) is 3.23. The minimum atomic E-state index is 0.817. The predicted molar refractivity (Wildman–Crippen MR) is 102 cm³/mol. The fourth-order valence-corrected chi connectivity index (χ4v) is 3.22. The molecule has 120 valence electrons. The van der Waals surface area contributed by atoms with Crippen molar-refractivity contribution in [2.75, 3.05) is 0 Å². The van der Waals surface area contributed by atoms with Gasteiger partial charge in [0.05, 0.1) is 11.6 Å². The van der Waals surface area contributed by atoms with Crippen molar-refractivity contribution in [1.82, 2.24) is 0 Å². The van der Waals surface area contributed by atoms with Crippen molar-refractivity contribution in [3.8, 4) is 6.07 Å². The lowest BCUT2D eigenvalue weighted by Gasteiger charge is -2.14. The Hall–Kier alpha value is -1.98. The van der Waals surface area contributed by atoms with Crippen LogP contribution in [0.1, 0.15) is 45.2 Å². The van der Waals surface area contributed by atoms with Crippen LogP contribution in [0.3, 0.4) is 0 Å². The van der Waals surface area contributed by atoms with Gasteiger partial charge >= 0.3 is 0 Å². The topological polar surface area (TPSA) is 23.8 Å². The summed E-state index contributed by atoms with van der Waals surface area (Å²) in [6, 6.07) is 19.1. The normalized spacial score (nSPS) is 11.5. The van der Waals surface area contributed by atoms with Gasteiger partial charge in [-0.1, -0.05) is 69.8 Å². The molecule has 1 aliphatic rings. The summed E-state index contributed by atoms with van der Waals surface area (Å²) >= 11 is 1.77. The van der Waals surface area contributed by atoms with Crippen LogP contribution in [0.25, 0.3) is 5.57 Å². The van der Waals surface area contributed by atoms with E-state index in [1.165, 1.54) is 15.4 Å². The highest BCUT2D eigenvalue weighted by atomic mass is 32.2. The zero-order valence-electron chi connectivity index (χ0n) is 14.5. The SMILES string of the molecule is CC.CC.N#CC1=CCCc2cc(Sc3ccccc3)ccc21. The third-order valence-corrected chi connectivity index (χ3v) is 4.23. The second-order valence-corrected chi connectivity index (χ2v) is 5.65. The number of aryl methyl sites for hydroxylation is 1. The zero-order chi connectivity index (χ0) is 17.1. The maximum absolute atomic E-state index is 9.12. The molecule has 0 radical (unpaired) electrons. The molecule has 0 bridgehead atoms. The summed E-state index contributed by atoms with van der Waals surface area (Å²) in [4.78, 5) is 2.48. The summed E-state index contributed by atoms with van der Waals surface area (Å²) < 4.78 is 0. The van der Waals surface area contributed by atoms with Crippen molar-refractivity contribution in [3.63, 3.8) is 0 Å². The van der Waals surface area contributed by atoms with Crippen LogP contribution < -0.4 is 0 Å². The van der Waals surface area contributed by atoms with Gasteiger partial charge in [0.15, 0.2) is 0 Å². The lowest BCUT2D eigenvalue weighted by atomic mass is 9.92. The van der Waals surface area contributed by atoms with Crippen molar-refractivity contribution >= 4 is 17.3 Å². The molecule has 2 aromatic rings. The molecule has 0 N–H and O–H groups in total. The van der Waals surface area contributed by atoms with Gasteiger partial charge in [0.1, 0.15) is 0 Å². The van der Waals surface area contributed by atoms with Gasteiger partial charge < -0.3 is 0 Å². The number of nitriles is 1. The first-order valence-corrected chi connectivity index (χ1v) is 9.15. The molecule has 0 fully saturated rings. The summed E-state index contributed by atoms with van der Waals surface area (Å²) in [6.45, 7) is 8.00. The molecule has 0 heterocycles. The van der Waals surface area contributed by atoms with Crippen LogP contribution in [0, 0.1) is 11.3 Å². The summed E-state index contributed by atoms with van der Waals surface area (Å²) in [5.41, 5.74) is 3.21. The molecule has 1 aliphatic carbocycles. The van der Waals surface area contributed by atoms with E-state index < -0.39 is 0 Å². The van der Waals surface area contributed by atoms with Gasteiger partial charge in [0.2, 0.25) is 0 Å². The molecule has 23 heavy (non-hydrogen) atoms. The van der Waals surface area contributed by atoms with Crippen LogP contribution >= 0.6 is 11.8 Å². The van der Waals surface area contributed by atoms with E-state index in [1.807, 2.05) is 39.8 Å². The van der Waals surface area contributed by atoms with Gasteiger partial charge in [-0.2, -0.15) is 5.26 Å². The maximum atomic E-state index is 9.12. The summed E-state index contributed by atoms with van der Waals surface area (Å²) in [6.07, 6.45) is 4.03. The maximum Gasteiger partial charge on any atom is 0.0994 e. The van der Waals surface area contributed by atoms with Gasteiger partial charge in [0, 0.05) is 9.79 Å². The summed E-state index contributed by atoms with van der Waals surface area (Å²) in [7, 11) is 0. The van der Waals surface area contributed by atoms with Crippen LogP contribution in [0.15, 0.2) is 64.4 Å². The minimum Gasteiger partial charge on any atom is -0.192 e. The largest absolute Gasteiger partial charge is 0.192 e. The highest BCUT2D eigenvalue weighted by molar-refractivity contribution is 7.99. The molecule has 0 amide bonds. The van der Waals surface area contributed by atoms with Crippen LogP contribution in [0.5, 0.6) is 0 Å². The zero-order valence-corrected chi connectivity index (χ0v) is 15.3. The van der Waals surface area contributed by atoms with Gasteiger partial charge in [0.25, 0.3) is 0 Å². The fraction of sp³-hybridized carbons (Fsp3) is 0.286. The van der Waals surface area contributed by atoms with E-state index in [2.05, 4.69) is 48.5 Å². The van der Waals surface area contributed by atoms with Crippen molar-refractivity contribution in [1.29, 1.82) is 5.26 Å². The number of fused-ring (bicyclic) bond motifs is 1. The Labute approximate surface area is 145 Å². The first-order chi connectivity index (χ1) is 11.4. The molecular formula is C21H25NS. The second-order valence-electron chi connectivity index (χ2n) is 4.50. The molecule has 3 rings (SSSR count). The Bertz CT molecular complexity index is 666. The number of nitrogens with zero attached hydrogens (tertiary/aromatic N) is 1. The first kappa shape index (κ1) is 19.1. The third kappa shape index (κ3) is 5.30. The molecule has 0 unspecified atom stereocenters. The Morgan fingerprint density at radius 3 is 2.26 bits per heavy atom. The van der Waals surface area contributed by atoms with E-state index >= 15 is 0 Å². The number of benzene rings is 2. The lowest BCUT2D eigenvalue weighted by Crippen LogP contribution is -1.98. The monoisotopic (exact) mass is 323 g/mol. The van der Waals surface area contributed by atoms with Gasteiger partial charge in [-0.25, -0.2) is 0 Å². The average molecular weight is 324 g/mol. The molecular weight excluding hydrogens is 298 g/mol. The van der Waals surface area contributed by atoms with Gasteiger partial charge in [-0.15, -0.1) is 0 Å². The van der Waals surface area contributed by atoms with Crippen molar-refractivity contribution in [3.05, 3.63) is 65.7 Å². The standard InChI is InChI=1S/C17H13NS.2C2H6/c18-12-14-6-4-5-13-11-16(9-10-17(13)14)19-15-7-2-1-3-8-15;2*1-2/h1-3,6-11H,4-5H2;2*1-2H3. The highest BCUT2D eigenvalue weighted by Crippen LogP contribution is 2.33. The van der Waals surface area contributed by atoms with Crippen molar-refractivity contribution in [2.24, 2.45) is 0 Å². The van der Waals surface area contributed by atoms with Crippen LogP contribution in [-0.2, 0) is 6.42 Å². The Kier molecular flexibility index (Phi) is 8.87. The van der Waals surface area contributed by atoms with Crippen molar-refractivity contribution in [2.45, 2.75) is 50.3 Å². The highest BCUT2D eigenvalue weighted by Gasteiger charge is 2.12. The molecule has 0 saturated heterocycles. The van der Waals surface area contributed by atoms with E-state index in [4.69, 9.17) is 5.26 Å². The molecule has 2 aromatic carbocycles. The van der Waals surface area contributed by atoms with E-state index in [1.54, 1.807) is 11.8 Å². The van der Waals surface area contributed by atoms with E-state index in [-0.39, 0.29) is 0 Å². The fourth-order valence-electron chi connectivity index (χ4n) is 2.32. The Morgan fingerprint density at radius 1 is 0.913 bits per heavy atom. The Balaban J connectivity index is 0.000000615. The van der Waals surface area contributed by atoms with E-state index in [0.29, 0.717) is 0 Å². The van der Waals surface area contributed by atoms with E-state index in [9.17, 15) is 0 Å². The lowest BCUT2D eigenvalue weighted by molar-refractivity contribution is 0.972. The van der Waals surface area contributed by atoms with Gasteiger partial charge in [-0.05, 0) is 48.2 Å². The van der Waals surface area contributed by atoms with Crippen LogP contribution in [0.2, 0.25) is 0 Å². The van der Waals surface area contributed by atoms with Crippen molar-refractivity contribution < 1.29 is 0 Å².